The van der Waals surface area contributed by atoms with Crippen molar-refractivity contribution in [1.29, 1.82) is 0 Å². The van der Waals surface area contributed by atoms with E-state index in [9.17, 15) is 9.59 Å². The molecule has 0 saturated heterocycles. The average Bonchev–Trinajstić information content (AvgIpc) is 2.60. The van der Waals surface area contributed by atoms with Crippen LogP contribution in [0.2, 0.25) is 0 Å². The van der Waals surface area contributed by atoms with Gasteiger partial charge in [-0.25, -0.2) is 4.98 Å². The van der Waals surface area contributed by atoms with Gasteiger partial charge in [0.2, 0.25) is 5.91 Å². The van der Waals surface area contributed by atoms with E-state index in [4.69, 9.17) is 0 Å². The van der Waals surface area contributed by atoms with Gasteiger partial charge in [0.25, 0.3) is 5.91 Å². The largest absolute Gasteiger partial charge is 0.354 e. The molecule has 0 bridgehead atoms. The van der Waals surface area contributed by atoms with E-state index in [1.807, 2.05) is 38.1 Å². The quantitative estimate of drug-likeness (QED) is 0.671. The number of carbonyl (C=O) groups is 2. The molecule has 7 heteroatoms. The number of amides is 2. The van der Waals surface area contributed by atoms with E-state index >= 15 is 0 Å². The van der Waals surface area contributed by atoms with Crippen LogP contribution in [-0.2, 0) is 4.79 Å². The highest BCUT2D eigenvalue weighted by molar-refractivity contribution is 9.10. The highest BCUT2D eigenvalue weighted by Crippen LogP contribution is 2.29. The molecule has 1 heterocycles. The van der Waals surface area contributed by atoms with Gasteiger partial charge in [0, 0.05) is 34.6 Å². The van der Waals surface area contributed by atoms with E-state index < -0.39 is 0 Å². The summed E-state index contributed by atoms with van der Waals surface area (Å²) in [5, 5.41) is 6.23. The lowest BCUT2D eigenvalue weighted by atomic mass is 10.2. The second-order valence-electron chi connectivity index (χ2n) is 5.61. The van der Waals surface area contributed by atoms with Crippen LogP contribution in [0.3, 0.4) is 0 Å². The van der Waals surface area contributed by atoms with Gasteiger partial charge in [-0.3, -0.25) is 9.59 Å². The maximum atomic E-state index is 12.4. The summed E-state index contributed by atoms with van der Waals surface area (Å²) < 4.78 is 0.999. The molecule has 0 aliphatic carbocycles. The van der Waals surface area contributed by atoms with Crippen LogP contribution in [0.4, 0.5) is 0 Å². The van der Waals surface area contributed by atoms with E-state index in [2.05, 4.69) is 31.5 Å². The van der Waals surface area contributed by atoms with Crippen molar-refractivity contribution in [3.05, 3.63) is 52.6 Å². The molecular weight excluding hydrogens is 402 g/mol. The van der Waals surface area contributed by atoms with Crippen LogP contribution in [0, 0.1) is 5.92 Å². The second-order valence-corrected chi connectivity index (χ2v) is 7.59. The first kappa shape index (κ1) is 19.5. The Hall–Kier alpha value is -1.86. The van der Waals surface area contributed by atoms with Crippen molar-refractivity contribution in [1.82, 2.24) is 15.6 Å². The number of nitrogens with zero attached hydrogens (tertiary/aromatic N) is 1. The maximum Gasteiger partial charge on any atom is 0.254 e. The summed E-state index contributed by atoms with van der Waals surface area (Å²) in [5.41, 5.74) is 0.519. The Balaban J connectivity index is 1.95. The molecule has 0 unspecified atom stereocenters. The third-order valence-electron chi connectivity index (χ3n) is 3.28. The zero-order valence-corrected chi connectivity index (χ0v) is 16.5. The third-order valence-corrected chi connectivity index (χ3v) is 4.83. The predicted molar refractivity (Wildman–Crippen MR) is 103 cm³/mol. The van der Waals surface area contributed by atoms with Crippen molar-refractivity contribution in [3.8, 4) is 0 Å². The molecule has 0 spiro atoms. The van der Waals surface area contributed by atoms with Gasteiger partial charge in [0.05, 0.1) is 5.56 Å². The summed E-state index contributed by atoms with van der Waals surface area (Å²) >= 11 is 4.84. The van der Waals surface area contributed by atoms with Crippen molar-refractivity contribution < 1.29 is 9.59 Å². The summed E-state index contributed by atoms with van der Waals surface area (Å²) in [7, 11) is 0. The van der Waals surface area contributed by atoms with Gasteiger partial charge in [-0.1, -0.05) is 41.5 Å². The summed E-state index contributed by atoms with van der Waals surface area (Å²) in [4.78, 5) is 29.2. The van der Waals surface area contributed by atoms with Crippen LogP contribution in [0.5, 0.6) is 0 Å². The fourth-order valence-electron chi connectivity index (χ4n) is 1.92. The Morgan fingerprint density at radius 1 is 1.12 bits per heavy atom. The number of carbonyl (C=O) groups excluding carboxylic acids is 2. The first-order valence-corrected chi connectivity index (χ1v) is 9.52. The Labute approximate surface area is 160 Å². The minimum Gasteiger partial charge on any atom is -0.354 e. The Morgan fingerprint density at radius 3 is 2.48 bits per heavy atom. The van der Waals surface area contributed by atoms with Gasteiger partial charge in [-0.15, -0.1) is 0 Å². The van der Waals surface area contributed by atoms with Crippen molar-refractivity contribution >= 4 is 39.5 Å². The monoisotopic (exact) mass is 421 g/mol. The Morgan fingerprint density at radius 2 is 1.80 bits per heavy atom. The summed E-state index contributed by atoms with van der Waals surface area (Å²) in [5.74, 6) is -0.295. The first-order chi connectivity index (χ1) is 12.0. The van der Waals surface area contributed by atoms with Crippen LogP contribution in [0.25, 0.3) is 0 Å². The molecular formula is C18H20BrN3O2S. The molecule has 25 heavy (non-hydrogen) atoms. The maximum absolute atomic E-state index is 12.4. The third kappa shape index (κ3) is 6.17. The standard InChI is InChI=1S/C18H20BrN3O2S/c1-12(2)16(23)20-10-11-21-17(24)15-4-3-9-22-18(15)25-14-7-5-13(19)6-8-14/h3-9,12H,10-11H2,1-2H3,(H,20,23)(H,21,24). The number of aromatic nitrogens is 1. The van der Waals surface area contributed by atoms with E-state index in [0.29, 0.717) is 23.7 Å². The molecule has 132 valence electrons. The average molecular weight is 422 g/mol. The van der Waals surface area contributed by atoms with Gasteiger partial charge in [0.15, 0.2) is 0 Å². The number of pyridine rings is 1. The second kappa shape index (κ2) is 9.58. The fraction of sp³-hybridized carbons (Fsp3) is 0.278. The van der Waals surface area contributed by atoms with Crippen LogP contribution in [-0.4, -0.2) is 29.9 Å². The zero-order valence-electron chi connectivity index (χ0n) is 14.1. The van der Waals surface area contributed by atoms with E-state index in [1.165, 1.54) is 11.8 Å². The van der Waals surface area contributed by atoms with Crippen LogP contribution in [0.1, 0.15) is 24.2 Å². The van der Waals surface area contributed by atoms with E-state index in [0.717, 1.165) is 9.37 Å². The molecule has 2 N–H and O–H groups in total. The lowest BCUT2D eigenvalue weighted by Gasteiger charge is -2.10. The van der Waals surface area contributed by atoms with Gasteiger partial charge in [-0.2, -0.15) is 0 Å². The van der Waals surface area contributed by atoms with Crippen molar-refractivity contribution in [2.24, 2.45) is 5.92 Å². The van der Waals surface area contributed by atoms with Crippen LogP contribution >= 0.6 is 27.7 Å². The number of halogens is 1. The molecule has 0 aliphatic heterocycles. The molecule has 0 radical (unpaired) electrons. The van der Waals surface area contributed by atoms with Crippen LogP contribution in [0.15, 0.2) is 57.0 Å². The van der Waals surface area contributed by atoms with Gasteiger partial charge < -0.3 is 10.6 Å². The van der Waals surface area contributed by atoms with Gasteiger partial charge >= 0.3 is 0 Å². The van der Waals surface area contributed by atoms with E-state index in [-0.39, 0.29) is 17.7 Å². The molecule has 1 aromatic heterocycles. The molecule has 0 fully saturated rings. The SMILES string of the molecule is CC(C)C(=O)NCCNC(=O)c1cccnc1Sc1ccc(Br)cc1. The molecule has 0 atom stereocenters. The minimum atomic E-state index is -0.202. The van der Waals surface area contributed by atoms with E-state index in [1.54, 1.807) is 18.3 Å². The molecule has 0 aliphatic rings. The molecule has 2 aromatic rings. The normalized spacial score (nSPS) is 10.6. The molecule has 0 saturated carbocycles. The van der Waals surface area contributed by atoms with Crippen LogP contribution < -0.4 is 10.6 Å². The summed E-state index contributed by atoms with van der Waals surface area (Å²) in [6, 6.07) is 11.3. The van der Waals surface area contributed by atoms with Gasteiger partial charge in [0.1, 0.15) is 5.03 Å². The van der Waals surface area contributed by atoms with Crippen molar-refractivity contribution in [3.63, 3.8) is 0 Å². The number of benzene rings is 1. The molecule has 1 aromatic carbocycles. The predicted octanol–water partition coefficient (Wildman–Crippen LogP) is 3.50. The highest BCUT2D eigenvalue weighted by atomic mass is 79.9. The first-order valence-electron chi connectivity index (χ1n) is 7.91. The minimum absolute atomic E-state index is 0.0258. The molecule has 5 nitrogen and oxygen atoms in total. The Bertz CT molecular complexity index is 735. The lowest BCUT2D eigenvalue weighted by Crippen LogP contribution is -2.36. The van der Waals surface area contributed by atoms with Crippen molar-refractivity contribution in [2.75, 3.05) is 13.1 Å². The number of nitrogens with one attached hydrogen (secondary N) is 2. The molecule has 2 amide bonds. The topological polar surface area (TPSA) is 71.1 Å². The summed E-state index contributed by atoms with van der Waals surface area (Å²) in [6.45, 7) is 4.43. The number of hydrogen-bond donors (Lipinski definition) is 2. The smallest absolute Gasteiger partial charge is 0.254 e. The highest BCUT2D eigenvalue weighted by Gasteiger charge is 2.13. The number of hydrogen-bond acceptors (Lipinski definition) is 4. The lowest BCUT2D eigenvalue weighted by molar-refractivity contribution is -0.123. The zero-order chi connectivity index (χ0) is 18.2. The Kier molecular flexibility index (Phi) is 7.46. The fourth-order valence-corrected chi connectivity index (χ4v) is 3.06. The summed E-state index contributed by atoms with van der Waals surface area (Å²) in [6.07, 6.45) is 1.67. The number of rotatable bonds is 7. The van der Waals surface area contributed by atoms with Gasteiger partial charge in [-0.05, 0) is 36.4 Å². The van der Waals surface area contributed by atoms with Crippen molar-refractivity contribution in [2.45, 2.75) is 23.8 Å². The molecule has 2 rings (SSSR count).